The summed E-state index contributed by atoms with van der Waals surface area (Å²) in [5.74, 6) is 1.50. The lowest BCUT2D eigenvalue weighted by molar-refractivity contribution is -0.117. The average Bonchev–Trinajstić information content (AvgIpc) is 2.61. The van der Waals surface area contributed by atoms with Crippen LogP contribution >= 0.6 is 0 Å². The lowest BCUT2D eigenvalue weighted by atomic mass is 10.2. The van der Waals surface area contributed by atoms with Crippen LogP contribution in [0.25, 0.3) is 0 Å². The number of benzene rings is 2. The van der Waals surface area contributed by atoms with Crippen molar-refractivity contribution in [3.05, 3.63) is 54.1 Å². The summed E-state index contributed by atoms with van der Waals surface area (Å²) in [6.07, 6.45) is 0. The lowest BCUT2D eigenvalue weighted by Crippen LogP contribution is -2.32. The van der Waals surface area contributed by atoms with E-state index in [2.05, 4.69) is 10.2 Å². The zero-order chi connectivity index (χ0) is 17.4. The molecule has 0 spiro atoms. The molecule has 2 aromatic rings. The number of anilines is 1. The molecule has 2 rings (SSSR count). The van der Waals surface area contributed by atoms with Gasteiger partial charge in [-0.15, -0.1) is 0 Å². The molecule has 0 fully saturated rings. The highest BCUT2D eigenvalue weighted by Crippen LogP contribution is 2.19. The van der Waals surface area contributed by atoms with Crippen LogP contribution in [0.2, 0.25) is 0 Å². The number of nitrogens with zero attached hydrogens (tertiary/aromatic N) is 1. The van der Waals surface area contributed by atoms with Gasteiger partial charge in [0.05, 0.1) is 20.8 Å². The van der Waals surface area contributed by atoms with Crippen molar-refractivity contribution in [2.45, 2.75) is 13.5 Å². The van der Waals surface area contributed by atoms with Crippen molar-refractivity contribution < 1.29 is 14.3 Å². The smallest absolute Gasteiger partial charge is 0.238 e. The summed E-state index contributed by atoms with van der Waals surface area (Å²) in [6, 6.07) is 15.2. The maximum Gasteiger partial charge on any atom is 0.238 e. The maximum absolute atomic E-state index is 12.3. The number of nitrogens with one attached hydrogen (secondary N) is 1. The number of hydrogen-bond donors (Lipinski definition) is 1. The van der Waals surface area contributed by atoms with E-state index >= 15 is 0 Å². The van der Waals surface area contributed by atoms with Gasteiger partial charge >= 0.3 is 0 Å². The van der Waals surface area contributed by atoms with E-state index in [0.717, 1.165) is 23.5 Å². The zero-order valence-corrected chi connectivity index (χ0v) is 14.4. The quantitative estimate of drug-likeness (QED) is 0.809. The van der Waals surface area contributed by atoms with Crippen LogP contribution in [0.15, 0.2) is 48.5 Å². The van der Waals surface area contributed by atoms with Crippen molar-refractivity contribution in [1.29, 1.82) is 0 Å². The molecule has 0 bridgehead atoms. The standard InChI is InChI=1S/C19H24N2O3/c1-4-21(13-15-8-5-6-11-18(15)24-3)14-19(22)20-16-9-7-10-17(12-16)23-2/h5-12H,4,13-14H2,1-3H3,(H,20,22). The number of likely N-dealkylation sites (N-methyl/N-ethyl adjacent to an activating group) is 1. The molecule has 0 atom stereocenters. The van der Waals surface area contributed by atoms with Crippen LogP contribution in [0.3, 0.4) is 0 Å². The number of hydrogen-bond acceptors (Lipinski definition) is 4. The molecular formula is C19H24N2O3. The summed E-state index contributed by atoms with van der Waals surface area (Å²) in [5.41, 5.74) is 1.80. The van der Waals surface area contributed by atoms with E-state index in [4.69, 9.17) is 9.47 Å². The second-order valence-corrected chi connectivity index (χ2v) is 5.40. The first kappa shape index (κ1) is 17.8. The van der Waals surface area contributed by atoms with Gasteiger partial charge in [-0.25, -0.2) is 0 Å². The largest absolute Gasteiger partial charge is 0.497 e. The van der Waals surface area contributed by atoms with Gasteiger partial charge in [0.2, 0.25) is 5.91 Å². The molecule has 128 valence electrons. The minimum atomic E-state index is -0.0556. The van der Waals surface area contributed by atoms with Gasteiger partial charge in [-0.3, -0.25) is 9.69 Å². The summed E-state index contributed by atoms with van der Waals surface area (Å²) in [4.78, 5) is 14.4. The molecule has 0 radical (unpaired) electrons. The Morgan fingerprint density at radius 3 is 2.58 bits per heavy atom. The first-order chi connectivity index (χ1) is 11.7. The Balaban J connectivity index is 1.97. The van der Waals surface area contributed by atoms with Crippen LogP contribution in [-0.4, -0.2) is 38.1 Å². The predicted molar refractivity (Wildman–Crippen MR) is 95.6 cm³/mol. The van der Waals surface area contributed by atoms with Gasteiger partial charge in [-0.2, -0.15) is 0 Å². The highest BCUT2D eigenvalue weighted by atomic mass is 16.5. The molecule has 0 aliphatic heterocycles. The van der Waals surface area contributed by atoms with Crippen molar-refractivity contribution in [2.75, 3.05) is 32.6 Å². The SMILES string of the molecule is CCN(CC(=O)Nc1cccc(OC)c1)Cc1ccccc1OC. The number of rotatable bonds is 8. The van der Waals surface area contributed by atoms with Crippen LogP contribution in [0.1, 0.15) is 12.5 Å². The fraction of sp³-hybridized carbons (Fsp3) is 0.316. The minimum absolute atomic E-state index is 0.0556. The topological polar surface area (TPSA) is 50.8 Å². The molecule has 5 heteroatoms. The number of carbonyl (C=O) groups is 1. The van der Waals surface area contributed by atoms with Gasteiger partial charge in [0.1, 0.15) is 11.5 Å². The van der Waals surface area contributed by atoms with Gasteiger partial charge < -0.3 is 14.8 Å². The molecule has 1 amide bonds. The molecule has 2 aromatic carbocycles. The number of ether oxygens (including phenoxy) is 2. The molecule has 5 nitrogen and oxygen atoms in total. The molecule has 0 saturated carbocycles. The van der Waals surface area contributed by atoms with Crippen LogP contribution < -0.4 is 14.8 Å². The highest BCUT2D eigenvalue weighted by Gasteiger charge is 2.12. The van der Waals surface area contributed by atoms with Gasteiger partial charge in [-0.1, -0.05) is 31.2 Å². The van der Waals surface area contributed by atoms with Gasteiger partial charge in [0, 0.05) is 23.9 Å². The summed E-state index contributed by atoms with van der Waals surface area (Å²) in [6.45, 7) is 3.77. The lowest BCUT2D eigenvalue weighted by Gasteiger charge is -2.21. The third kappa shape index (κ3) is 4.99. The van der Waals surface area contributed by atoms with E-state index < -0.39 is 0 Å². The van der Waals surface area contributed by atoms with Crippen molar-refractivity contribution in [3.63, 3.8) is 0 Å². The Hall–Kier alpha value is -2.53. The predicted octanol–water partition coefficient (Wildman–Crippen LogP) is 3.16. The van der Waals surface area contributed by atoms with E-state index in [0.29, 0.717) is 18.8 Å². The van der Waals surface area contributed by atoms with Crippen LogP contribution in [-0.2, 0) is 11.3 Å². The fourth-order valence-corrected chi connectivity index (χ4v) is 2.46. The molecule has 0 aromatic heterocycles. The summed E-state index contributed by atoms with van der Waals surface area (Å²) >= 11 is 0. The van der Waals surface area contributed by atoms with E-state index in [1.807, 2.05) is 49.4 Å². The Labute approximate surface area is 143 Å². The molecule has 0 aliphatic rings. The normalized spacial score (nSPS) is 10.5. The number of amides is 1. The zero-order valence-electron chi connectivity index (χ0n) is 14.4. The number of para-hydroxylation sites is 1. The van der Waals surface area contributed by atoms with E-state index in [9.17, 15) is 4.79 Å². The summed E-state index contributed by atoms with van der Waals surface area (Å²) in [7, 11) is 3.26. The third-order valence-corrected chi connectivity index (χ3v) is 3.75. The number of carbonyl (C=O) groups excluding carboxylic acids is 1. The van der Waals surface area contributed by atoms with Crippen molar-refractivity contribution in [1.82, 2.24) is 4.90 Å². The fourth-order valence-electron chi connectivity index (χ4n) is 2.46. The monoisotopic (exact) mass is 328 g/mol. The van der Waals surface area contributed by atoms with E-state index in [1.54, 1.807) is 20.3 Å². The van der Waals surface area contributed by atoms with Crippen LogP contribution in [0.4, 0.5) is 5.69 Å². The molecule has 1 N–H and O–H groups in total. The Bertz CT molecular complexity index is 673. The van der Waals surface area contributed by atoms with Gasteiger partial charge in [0.15, 0.2) is 0 Å². The second-order valence-electron chi connectivity index (χ2n) is 5.40. The van der Waals surface area contributed by atoms with E-state index in [-0.39, 0.29) is 5.91 Å². The molecule has 0 saturated heterocycles. The second kappa shape index (κ2) is 8.93. The van der Waals surface area contributed by atoms with Crippen LogP contribution in [0.5, 0.6) is 11.5 Å². The maximum atomic E-state index is 12.3. The molecule has 0 heterocycles. The Morgan fingerprint density at radius 2 is 1.88 bits per heavy atom. The van der Waals surface area contributed by atoms with Crippen LogP contribution in [0, 0.1) is 0 Å². The third-order valence-electron chi connectivity index (χ3n) is 3.75. The first-order valence-electron chi connectivity index (χ1n) is 7.94. The van der Waals surface area contributed by atoms with Crippen molar-refractivity contribution >= 4 is 11.6 Å². The van der Waals surface area contributed by atoms with Gasteiger partial charge in [0.25, 0.3) is 0 Å². The van der Waals surface area contributed by atoms with Crippen molar-refractivity contribution in [3.8, 4) is 11.5 Å². The molecule has 24 heavy (non-hydrogen) atoms. The minimum Gasteiger partial charge on any atom is -0.497 e. The van der Waals surface area contributed by atoms with E-state index in [1.165, 1.54) is 0 Å². The first-order valence-corrected chi connectivity index (χ1v) is 7.94. The highest BCUT2D eigenvalue weighted by molar-refractivity contribution is 5.92. The van der Waals surface area contributed by atoms with Crippen molar-refractivity contribution in [2.24, 2.45) is 0 Å². The molecule has 0 unspecified atom stereocenters. The summed E-state index contributed by atoms with van der Waals surface area (Å²) in [5, 5.41) is 2.90. The van der Waals surface area contributed by atoms with Gasteiger partial charge in [-0.05, 0) is 24.7 Å². The number of methoxy groups -OCH3 is 2. The average molecular weight is 328 g/mol. The molecular weight excluding hydrogens is 304 g/mol. The molecule has 0 aliphatic carbocycles. The summed E-state index contributed by atoms with van der Waals surface area (Å²) < 4.78 is 10.5. The Morgan fingerprint density at radius 1 is 1.08 bits per heavy atom. The Kier molecular flexibility index (Phi) is 6.63.